The van der Waals surface area contributed by atoms with E-state index in [1.165, 1.54) is 6.08 Å². The van der Waals surface area contributed by atoms with Gasteiger partial charge in [0.25, 0.3) is 5.79 Å². The molecule has 0 radical (unpaired) electrons. The highest BCUT2D eigenvalue weighted by molar-refractivity contribution is 6.29. The number of fused-ring (bicyclic) bond motifs is 2. The first-order chi connectivity index (χ1) is 14.7. The van der Waals surface area contributed by atoms with Crippen LogP contribution < -0.4 is 0 Å². The molecule has 32 heavy (non-hydrogen) atoms. The summed E-state index contributed by atoms with van der Waals surface area (Å²) in [5.74, 6) is -4.36. The normalized spacial score (nSPS) is 33.4. The fourth-order valence-corrected chi connectivity index (χ4v) is 5.12. The number of Topliss-reactive ketones (excluding diaryl/α,β-unsaturated/α-hetero) is 2. The molecule has 4 rings (SSSR count). The molecule has 1 saturated carbocycles. The quantitative estimate of drug-likeness (QED) is 0.462. The Balaban J connectivity index is 1.95. The third-order valence-corrected chi connectivity index (χ3v) is 8.14. The lowest BCUT2D eigenvalue weighted by Gasteiger charge is -2.52. The predicted molar refractivity (Wildman–Crippen MR) is 121 cm³/mol. The van der Waals surface area contributed by atoms with Crippen LogP contribution in [0, 0.1) is 5.41 Å². The van der Waals surface area contributed by atoms with E-state index >= 15 is 0 Å². The number of carbonyl (C=O) groups excluding carboxylic acids is 2. The van der Waals surface area contributed by atoms with Crippen LogP contribution >= 0.6 is 23.2 Å². The summed E-state index contributed by atoms with van der Waals surface area (Å²) in [6.45, 7) is 11.4. The van der Waals surface area contributed by atoms with Crippen molar-refractivity contribution in [3.8, 4) is 11.5 Å². The molecule has 2 N–H and O–H groups in total. The van der Waals surface area contributed by atoms with Crippen LogP contribution in [0.2, 0.25) is 0 Å². The van der Waals surface area contributed by atoms with Crippen molar-refractivity contribution >= 4 is 34.8 Å². The van der Waals surface area contributed by atoms with E-state index in [4.69, 9.17) is 32.7 Å². The minimum absolute atomic E-state index is 0.101. The van der Waals surface area contributed by atoms with Crippen molar-refractivity contribution in [1.29, 1.82) is 0 Å². The first kappa shape index (κ1) is 23.3. The number of benzene rings is 1. The Morgan fingerprint density at radius 1 is 1.16 bits per heavy atom. The molecule has 0 saturated heterocycles. The number of ketones is 2. The van der Waals surface area contributed by atoms with Crippen molar-refractivity contribution in [2.75, 3.05) is 0 Å². The van der Waals surface area contributed by atoms with Crippen LogP contribution in [0.3, 0.4) is 0 Å². The van der Waals surface area contributed by atoms with Crippen LogP contribution in [0.4, 0.5) is 0 Å². The van der Waals surface area contributed by atoms with E-state index in [-0.39, 0.29) is 27.8 Å². The summed E-state index contributed by atoms with van der Waals surface area (Å²) in [5.41, 5.74) is -1.46. The van der Waals surface area contributed by atoms with Gasteiger partial charge in [0.2, 0.25) is 5.78 Å². The Morgan fingerprint density at radius 3 is 2.47 bits per heavy atom. The standard InChI is InChI=1S/C24H26Cl2O6/c1-11-6-7-16(25)22(2,3)21(11)31-24-14(10-17(26)23(4,5)32-24)19(29)18-13(20(24)30)8-12(27)9-15(18)28/h8-10,16-17,21,27-28H,1,6-7H2,2-5H3. The highest BCUT2D eigenvalue weighted by Gasteiger charge is 2.62. The zero-order valence-corrected chi connectivity index (χ0v) is 19.9. The lowest BCUT2D eigenvalue weighted by atomic mass is 9.71. The summed E-state index contributed by atoms with van der Waals surface area (Å²) >= 11 is 13.1. The van der Waals surface area contributed by atoms with Gasteiger partial charge < -0.3 is 19.7 Å². The molecule has 1 aromatic rings. The van der Waals surface area contributed by atoms with Gasteiger partial charge in [0.1, 0.15) is 11.5 Å². The number of hydrogen-bond donors (Lipinski definition) is 2. The maximum Gasteiger partial charge on any atom is 0.266 e. The van der Waals surface area contributed by atoms with Crippen LogP contribution in [0.5, 0.6) is 11.5 Å². The Kier molecular flexibility index (Phi) is 5.33. The van der Waals surface area contributed by atoms with Crippen LogP contribution in [-0.4, -0.2) is 50.0 Å². The van der Waals surface area contributed by atoms with E-state index in [0.717, 1.165) is 17.7 Å². The van der Waals surface area contributed by atoms with Gasteiger partial charge in [0, 0.05) is 22.4 Å². The molecule has 1 fully saturated rings. The Hall–Kier alpha value is -1.86. The first-order valence-corrected chi connectivity index (χ1v) is 11.3. The molecular weight excluding hydrogens is 455 g/mol. The average Bonchev–Trinajstić information content (AvgIpc) is 2.68. The summed E-state index contributed by atoms with van der Waals surface area (Å²) in [6, 6.07) is 2.14. The number of halogens is 2. The molecule has 0 bridgehead atoms. The Labute approximate surface area is 196 Å². The lowest BCUT2D eigenvalue weighted by Crippen LogP contribution is -2.63. The zero-order valence-electron chi connectivity index (χ0n) is 18.4. The second-order valence-electron chi connectivity index (χ2n) is 9.83. The highest BCUT2D eigenvalue weighted by atomic mass is 35.5. The summed E-state index contributed by atoms with van der Waals surface area (Å²) in [6.07, 6.45) is 2.06. The summed E-state index contributed by atoms with van der Waals surface area (Å²) in [5, 5.41) is 19.4. The monoisotopic (exact) mass is 480 g/mol. The van der Waals surface area contributed by atoms with Crippen LogP contribution in [0.15, 0.2) is 35.9 Å². The molecular formula is C24H26Cl2O6. The number of phenols is 2. The Morgan fingerprint density at radius 2 is 1.81 bits per heavy atom. The number of rotatable bonds is 2. The zero-order chi connectivity index (χ0) is 23.8. The van der Waals surface area contributed by atoms with Crippen LogP contribution in [-0.2, 0) is 9.47 Å². The van der Waals surface area contributed by atoms with Crippen molar-refractivity contribution in [1.82, 2.24) is 0 Å². The number of hydrogen-bond acceptors (Lipinski definition) is 6. The van der Waals surface area contributed by atoms with Crippen LogP contribution in [0.25, 0.3) is 0 Å². The molecule has 3 aliphatic rings. The van der Waals surface area contributed by atoms with Crippen molar-refractivity contribution in [3.63, 3.8) is 0 Å². The number of phenolic OH excluding ortho intramolecular Hbond substituents is 2. The Bertz CT molecular complexity index is 1070. The second-order valence-corrected chi connectivity index (χ2v) is 10.8. The van der Waals surface area contributed by atoms with Crippen molar-refractivity contribution < 1.29 is 29.3 Å². The molecule has 0 amide bonds. The fourth-order valence-electron chi connectivity index (χ4n) is 4.72. The topological polar surface area (TPSA) is 93.1 Å². The molecule has 1 aliphatic heterocycles. The largest absolute Gasteiger partial charge is 0.508 e. The van der Waals surface area contributed by atoms with Gasteiger partial charge >= 0.3 is 0 Å². The minimum Gasteiger partial charge on any atom is -0.508 e. The number of ether oxygens (including phenoxy) is 2. The maximum atomic E-state index is 13.9. The van der Waals surface area contributed by atoms with Gasteiger partial charge in [-0.1, -0.05) is 26.5 Å². The summed E-state index contributed by atoms with van der Waals surface area (Å²) < 4.78 is 12.7. The lowest BCUT2D eigenvalue weighted by molar-refractivity contribution is -0.259. The second kappa shape index (κ2) is 7.32. The van der Waals surface area contributed by atoms with E-state index < -0.39 is 45.6 Å². The van der Waals surface area contributed by atoms with Gasteiger partial charge in [0.05, 0.1) is 28.2 Å². The highest BCUT2D eigenvalue weighted by Crippen LogP contribution is 2.52. The molecule has 1 heterocycles. The fraction of sp³-hybridized carbons (Fsp3) is 0.500. The molecule has 4 atom stereocenters. The van der Waals surface area contributed by atoms with E-state index in [0.29, 0.717) is 12.8 Å². The van der Waals surface area contributed by atoms with Gasteiger partial charge in [-0.3, -0.25) is 9.59 Å². The van der Waals surface area contributed by atoms with Crippen molar-refractivity contribution in [3.05, 3.63) is 47.1 Å². The molecule has 4 unspecified atom stereocenters. The summed E-state index contributed by atoms with van der Waals surface area (Å²) in [4.78, 5) is 27.4. The SMILES string of the molecule is C=C1CCC(Cl)C(C)(C)C1OC12OC(C)(C)C(Cl)C=C1C(=O)c1c(O)cc(O)cc1C2=O. The third-order valence-electron chi connectivity index (χ3n) is 6.71. The van der Waals surface area contributed by atoms with Crippen molar-refractivity contribution in [2.24, 2.45) is 5.41 Å². The predicted octanol–water partition coefficient (Wildman–Crippen LogP) is 4.88. The molecule has 172 valence electrons. The van der Waals surface area contributed by atoms with E-state index in [2.05, 4.69) is 6.58 Å². The third kappa shape index (κ3) is 3.23. The number of carbonyl (C=O) groups is 2. The minimum atomic E-state index is -2.13. The average molecular weight is 481 g/mol. The first-order valence-electron chi connectivity index (χ1n) is 10.4. The van der Waals surface area contributed by atoms with E-state index in [9.17, 15) is 19.8 Å². The van der Waals surface area contributed by atoms with Gasteiger partial charge in [-0.15, -0.1) is 23.2 Å². The molecule has 0 aromatic heterocycles. The molecule has 8 heteroatoms. The smallest absolute Gasteiger partial charge is 0.266 e. The van der Waals surface area contributed by atoms with E-state index in [1.54, 1.807) is 13.8 Å². The van der Waals surface area contributed by atoms with Crippen molar-refractivity contribution in [2.45, 2.75) is 68.8 Å². The van der Waals surface area contributed by atoms with E-state index in [1.807, 2.05) is 13.8 Å². The van der Waals surface area contributed by atoms with Crippen LogP contribution in [0.1, 0.15) is 61.3 Å². The van der Waals surface area contributed by atoms with Gasteiger partial charge in [-0.05, 0) is 38.3 Å². The molecule has 2 aliphatic carbocycles. The molecule has 6 nitrogen and oxygen atoms in total. The summed E-state index contributed by atoms with van der Waals surface area (Å²) in [7, 11) is 0. The maximum absolute atomic E-state index is 13.9. The molecule has 1 aromatic carbocycles. The van der Waals surface area contributed by atoms with Gasteiger partial charge in [0.15, 0.2) is 5.78 Å². The van der Waals surface area contributed by atoms with Gasteiger partial charge in [-0.2, -0.15) is 0 Å². The van der Waals surface area contributed by atoms with Gasteiger partial charge in [-0.25, -0.2) is 0 Å². The number of alkyl halides is 2. The molecule has 0 spiro atoms. The number of aromatic hydroxyl groups is 2.